The number of hydrogen-bond donors (Lipinski definition) is 0. The molecule has 1 rings (SSSR count). The first-order valence-electron chi connectivity index (χ1n) is 5.98. The number of benzene rings is 1. The zero-order valence-corrected chi connectivity index (χ0v) is 12.9. The van der Waals surface area contributed by atoms with Gasteiger partial charge in [-0.25, -0.2) is 0 Å². The highest BCUT2D eigenvalue weighted by molar-refractivity contribution is 7.99. The molecule has 2 nitrogen and oxygen atoms in total. The maximum absolute atomic E-state index is 6.09. The molecule has 0 aromatic heterocycles. The largest absolute Gasteiger partial charge is 0.353 e. The van der Waals surface area contributed by atoms with Crippen LogP contribution in [-0.2, 0) is 9.47 Å². The lowest BCUT2D eigenvalue weighted by atomic mass is 10.4. The molecule has 18 heavy (non-hydrogen) atoms. The van der Waals surface area contributed by atoms with E-state index < -0.39 is 0 Å². The molecule has 0 fully saturated rings. The maximum atomic E-state index is 6.09. The summed E-state index contributed by atoms with van der Waals surface area (Å²) in [6.45, 7) is 5.25. The van der Waals surface area contributed by atoms with Crippen LogP contribution in [0.2, 0.25) is 10.0 Å². The van der Waals surface area contributed by atoms with Gasteiger partial charge >= 0.3 is 0 Å². The molecule has 0 saturated carbocycles. The van der Waals surface area contributed by atoms with Crippen molar-refractivity contribution in [3.8, 4) is 0 Å². The fourth-order valence-electron chi connectivity index (χ4n) is 1.44. The Morgan fingerprint density at radius 3 is 2.44 bits per heavy atom. The molecular weight excluding hydrogens is 291 g/mol. The second-order valence-corrected chi connectivity index (χ2v) is 5.53. The fourth-order valence-corrected chi connectivity index (χ4v) is 2.90. The van der Waals surface area contributed by atoms with Crippen molar-refractivity contribution >= 4 is 35.0 Å². The van der Waals surface area contributed by atoms with Crippen molar-refractivity contribution < 1.29 is 9.47 Å². The molecule has 0 aliphatic carbocycles. The lowest BCUT2D eigenvalue weighted by molar-refractivity contribution is -0.136. The summed E-state index contributed by atoms with van der Waals surface area (Å²) in [7, 11) is 0. The van der Waals surface area contributed by atoms with Crippen molar-refractivity contribution in [2.75, 3.05) is 19.0 Å². The van der Waals surface area contributed by atoms with Crippen molar-refractivity contribution in [2.45, 2.75) is 31.5 Å². The van der Waals surface area contributed by atoms with Gasteiger partial charge in [0.25, 0.3) is 0 Å². The van der Waals surface area contributed by atoms with Crippen molar-refractivity contribution in [3.63, 3.8) is 0 Å². The summed E-state index contributed by atoms with van der Waals surface area (Å²) in [5.74, 6) is 0.880. The molecular formula is C13H18Cl2O2S. The highest BCUT2D eigenvalue weighted by Gasteiger charge is 2.09. The van der Waals surface area contributed by atoms with E-state index in [0.717, 1.165) is 22.1 Å². The number of ether oxygens (including phenoxy) is 2. The van der Waals surface area contributed by atoms with E-state index in [1.807, 2.05) is 26.0 Å². The van der Waals surface area contributed by atoms with Gasteiger partial charge in [0, 0.05) is 35.3 Å². The number of thioether (sulfide) groups is 1. The molecule has 0 saturated heterocycles. The maximum Gasteiger partial charge on any atom is 0.158 e. The second-order valence-electron chi connectivity index (χ2n) is 3.55. The van der Waals surface area contributed by atoms with Gasteiger partial charge in [0.1, 0.15) is 0 Å². The minimum Gasteiger partial charge on any atom is -0.353 e. The molecule has 0 aliphatic heterocycles. The van der Waals surface area contributed by atoms with Crippen molar-refractivity contribution in [1.82, 2.24) is 0 Å². The van der Waals surface area contributed by atoms with Gasteiger partial charge in [0.2, 0.25) is 0 Å². The van der Waals surface area contributed by atoms with Crippen molar-refractivity contribution in [2.24, 2.45) is 0 Å². The Morgan fingerprint density at radius 2 is 1.83 bits per heavy atom. The van der Waals surface area contributed by atoms with Crippen molar-refractivity contribution in [1.29, 1.82) is 0 Å². The summed E-state index contributed by atoms with van der Waals surface area (Å²) in [6.07, 6.45) is 0.695. The first-order valence-corrected chi connectivity index (χ1v) is 7.72. The van der Waals surface area contributed by atoms with E-state index in [1.165, 1.54) is 0 Å². The van der Waals surface area contributed by atoms with Gasteiger partial charge in [-0.2, -0.15) is 0 Å². The molecule has 0 amide bonds. The average Bonchev–Trinajstić information content (AvgIpc) is 2.34. The molecule has 0 radical (unpaired) electrons. The van der Waals surface area contributed by atoms with Crippen LogP contribution in [0.1, 0.15) is 20.3 Å². The lowest BCUT2D eigenvalue weighted by Gasteiger charge is -2.16. The predicted octanol–water partition coefficient (Wildman–Crippen LogP) is 4.87. The lowest BCUT2D eigenvalue weighted by Crippen LogP contribution is -2.18. The third-order valence-electron chi connectivity index (χ3n) is 2.21. The highest BCUT2D eigenvalue weighted by Crippen LogP contribution is 2.30. The van der Waals surface area contributed by atoms with Crippen LogP contribution in [0.25, 0.3) is 0 Å². The number of halogens is 2. The second kappa shape index (κ2) is 9.05. The van der Waals surface area contributed by atoms with Gasteiger partial charge in [-0.05, 0) is 32.0 Å². The van der Waals surface area contributed by atoms with Gasteiger partial charge in [-0.15, -0.1) is 11.8 Å². The Labute approximate surface area is 123 Å². The minimum atomic E-state index is -0.134. The first kappa shape index (κ1) is 16.1. The Hall–Kier alpha value is 0.0700. The molecule has 0 spiro atoms. The summed E-state index contributed by atoms with van der Waals surface area (Å²) in [6, 6.07) is 5.48. The van der Waals surface area contributed by atoms with E-state index in [-0.39, 0.29) is 6.29 Å². The van der Waals surface area contributed by atoms with Gasteiger partial charge < -0.3 is 9.47 Å². The predicted molar refractivity (Wildman–Crippen MR) is 78.8 cm³/mol. The summed E-state index contributed by atoms with van der Waals surface area (Å²) in [4.78, 5) is 0.996. The zero-order valence-electron chi connectivity index (χ0n) is 10.6. The summed E-state index contributed by atoms with van der Waals surface area (Å²) >= 11 is 13.7. The van der Waals surface area contributed by atoms with E-state index in [9.17, 15) is 0 Å². The topological polar surface area (TPSA) is 18.5 Å². The van der Waals surface area contributed by atoms with Crippen LogP contribution in [0.15, 0.2) is 23.1 Å². The Kier molecular flexibility index (Phi) is 8.11. The molecule has 0 unspecified atom stereocenters. The third kappa shape index (κ3) is 5.81. The molecule has 5 heteroatoms. The zero-order chi connectivity index (χ0) is 13.4. The van der Waals surface area contributed by atoms with E-state index in [1.54, 1.807) is 17.8 Å². The average molecular weight is 309 g/mol. The molecule has 0 aliphatic rings. The molecule has 102 valence electrons. The molecule has 1 aromatic rings. The van der Waals surface area contributed by atoms with Gasteiger partial charge in [-0.1, -0.05) is 23.2 Å². The van der Waals surface area contributed by atoms with Crippen LogP contribution in [0.3, 0.4) is 0 Å². The summed E-state index contributed by atoms with van der Waals surface area (Å²) in [5.41, 5.74) is 0. The summed E-state index contributed by atoms with van der Waals surface area (Å²) < 4.78 is 11.0. The van der Waals surface area contributed by atoms with Crippen LogP contribution in [0, 0.1) is 0 Å². The normalized spacial score (nSPS) is 11.2. The van der Waals surface area contributed by atoms with Crippen LogP contribution < -0.4 is 0 Å². The van der Waals surface area contributed by atoms with Crippen molar-refractivity contribution in [3.05, 3.63) is 28.2 Å². The van der Waals surface area contributed by atoms with Crippen LogP contribution in [0.4, 0.5) is 0 Å². The van der Waals surface area contributed by atoms with Crippen LogP contribution in [0.5, 0.6) is 0 Å². The Morgan fingerprint density at radius 1 is 1.17 bits per heavy atom. The summed E-state index contributed by atoms with van der Waals surface area (Å²) in [5, 5.41) is 1.43. The Balaban J connectivity index is 2.41. The van der Waals surface area contributed by atoms with Crippen LogP contribution >= 0.6 is 35.0 Å². The van der Waals surface area contributed by atoms with Gasteiger partial charge in [0.05, 0.1) is 5.02 Å². The first-order chi connectivity index (χ1) is 8.67. The molecule has 0 atom stereocenters. The number of hydrogen-bond acceptors (Lipinski definition) is 3. The fraction of sp³-hybridized carbons (Fsp3) is 0.538. The van der Waals surface area contributed by atoms with E-state index >= 15 is 0 Å². The van der Waals surface area contributed by atoms with E-state index in [2.05, 4.69) is 0 Å². The van der Waals surface area contributed by atoms with Crippen LogP contribution in [-0.4, -0.2) is 25.3 Å². The standard InChI is InChI=1S/C13H18Cl2O2S/c1-3-16-13(17-4-2)7-8-18-12-9-10(14)5-6-11(12)15/h5-6,9,13H,3-4,7-8H2,1-2H3. The quantitative estimate of drug-likeness (QED) is 0.504. The minimum absolute atomic E-state index is 0.134. The smallest absolute Gasteiger partial charge is 0.158 e. The molecule has 1 aromatic carbocycles. The molecule has 0 bridgehead atoms. The SMILES string of the molecule is CCOC(CCSc1cc(Cl)ccc1Cl)OCC. The van der Waals surface area contributed by atoms with Gasteiger partial charge in [-0.3, -0.25) is 0 Å². The Bertz CT molecular complexity index is 355. The number of rotatable bonds is 8. The monoisotopic (exact) mass is 308 g/mol. The third-order valence-corrected chi connectivity index (χ3v) is 3.97. The molecule has 0 heterocycles. The van der Waals surface area contributed by atoms with Gasteiger partial charge in [0.15, 0.2) is 6.29 Å². The van der Waals surface area contributed by atoms with E-state index in [0.29, 0.717) is 18.2 Å². The highest BCUT2D eigenvalue weighted by atomic mass is 35.5. The van der Waals surface area contributed by atoms with E-state index in [4.69, 9.17) is 32.7 Å². The molecule has 0 N–H and O–H groups in total.